The predicted molar refractivity (Wildman–Crippen MR) is 94.0 cm³/mol. The Balaban J connectivity index is 1.36. The Morgan fingerprint density at radius 2 is 2.00 bits per heavy atom. The summed E-state index contributed by atoms with van der Waals surface area (Å²) in [7, 11) is 0. The topological polar surface area (TPSA) is 71.2 Å². The number of piperazine rings is 1. The lowest BCUT2D eigenvalue weighted by Gasteiger charge is -2.35. The van der Waals surface area contributed by atoms with Crippen molar-refractivity contribution in [2.75, 3.05) is 31.1 Å². The van der Waals surface area contributed by atoms with E-state index >= 15 is 0 Å². The molecular weight excluding hydrogens is 335 g/mol. The molecule has 0 aliphatic carbocycles. The van der Waals surface area contributed by atoms with Crippen LogP contribution >= 0.6 is 0 Å². The van der Waals surface area contributed by atoms with E-state index in [1.807, 2.05) is 19.1 Å². The molecule has 1 aliphatic rings. The van der Waals surface area contributed by atoms with Crippen LogP contribution < -0.4 is 4.90 Å². The molecule has 26 heavy (non-hydrogen) atoms. The van der Waals surface area contributed by atoms with Crippen LogP contribution in [0.25, 0.3) is 11.5 Å². The lowest BCUT2D eigenvalue weighted by Crippen LogP contribution is -2.46. The monoisotopic (exact) mass is 354 g/mol. The highest BCUT2D eigenvalue weighted by atomic mass is 19.1. The number of anilines is 1. The fourth-order valence-electron chi connectivity index (χ4n) is 3.01. The minimum atomic E-state index is -0.312. The summed E-state index contributed by atoms with van der Waals surface area (Å²) in [6.45, 7) is 5.85. The molecule has 3 aromatic rings. The zero-order valence-electron chi connectivity index (χ0n) is 14.5. The average molecular weight is 354 g/mol. The first-order valence-electron chi connectivity index (χ1n) is 8.51. The highest BCUT2D eigenvalue weighted by Crippen LogP contribution is 2.18. The summed E-state index contributed by atoms with van der Waals surface area (Å²) in [6.07, 6.45) is 4.65. The first-order chi connectivity index (χ1) is 12.7. The van der Waals surface area contributed by atoms with Gasteiger partial charge in [-0.05, 0) is 24.6 Å². The number of halogens is 1. The normalized spacial score (nSPS) is 15.4. The van der Waals surface area contributed by atoms with Gasteiger partial charge in [0.15, 0.2) is 0 Å². The molecular formula is C18H19FN6O. The van der Waals surface area contributed by atoms with Crippen LogP contribution in [-0.2, 0) is 6.54 Å². The summed E-state index contributed by atoms with van der Waals surface area (Å²) >= 11 is 0. The molecule has 0 atom stereocenters. The van der Waals surface area contributed by atoms with Crippen molar-refractivity contribution >= 4 is 5.69 Å². The summed E-state index contributed by atoms with van der Waals surface area (Å²) in [5.74, 6) is 0.769. The third-order valence-corrected chi connectivity index (χ3v) is 4.40. The quantitative estimate of drug-likeness (QED) is 0.712. The van der Waals surface area contributed by atoms with Crippen LogP contribution in [0, 0.1) is 12.7 Å². The Labute approximate surface area is 150 Å². The van der Waals surface area contributed by atoms with Crippen LogP contribution in [0.4, 0.5) is 10.1 Å². The number of aryl methyl sites for hydroxylation is 1. The van der Waals surface area contributed by atoms with Crippen molar-refractivity contribution in [1.29, 1.82) is 0 Å². The lowest BCUT2D eigenvalue weighted by molar-refractivity contribution is 0.215. The van der Waals surface area contributed by atoms with Crippen molar-refractivity contribution in [1.82, 2.24) is 25.0 Å². The van der Waals surface area contributed by atoms with Gasteiger partial charge in [0.1, 0.15) is 11.5 Å². The maximum atomic E-state index is 13.3. The van der Waals surface area contributed by atoms with Gasteiger partial charge >= 0.3 is 0 Å². The van der Waals surface area contributed by atoms with Gasteiger partial charge in [-0.3, -0.25) is 14.9 Å². The summed E-state index contributed by atoms with van der Waals surface area (Å²) in [4.78, 5) is 17.0. The maximum Gasteiger partial charge on any atom is 0.241 e. The van der Waals surface area contributed by atoms with E-state index in [0.717, 1.165) is 37.4 Å². The highest BCUT2D eigenvalue weighted by molar-refractivity contribution is 5.49. The predicted octanol–water partition coefficient (Wildman–Crippen LogP) is 2.30. The zero-order chi connectivity index (χ0) is 17.9. The summed E-state index contributed by atoms with van der Waals surface area (Å²) in [6, 6.07) is 5.38. The molecule has 8 heteroatoms. The molecule has 0 unspecified atom stereocenters. The molecule has 7 nitrogen and oxygen atoms in total. The zero-order valence-corrected chi connectivity index (χ0v) is 14.5. The second-order valence-electron chi connectivity index (χ2n) is 6.35. The Morgan fingerprint density at radius 1 is 1.15 bits per heavy atom. The Hall–Kier alpha value is -2.87. The van der Waals surface area contributed by atoms with Crippen LogP contribution in [0.1, 0.15) is 11.5 Å². The van der Waals surface area contributed by atoms with E-state index < -0.39 is 0 Å². The highest BCUT2D eigenvalue weighted by Gasteiger charge is 2.20. The van der Waals surface area contributed by atoms with Crippen molar-refractivity contribution in [2.45, 2.75) is 13.5 Å². The standard InChI is InChI=1S/C18H19FN6O/c1-13-2-3-21-16(8-13)18-22-17(26-23-18)12-24-4-6-25(7-5-24)15-9-14(19)10-20-11-15/h2-3,8-11H,4-7,12H2,1H3. The fourth-order valence-corrected chi connectivity index (χ4v) is 3.01. The Kier molecular flexibility index (Phi) is 4.57. The first-order valence-corrected chi connectivity index (χ1v) is 8.51. The molecule has 3 aromatic heterocycles. The molecule has 4 rings (SSSR count). The lowest BCUT2D eigenvalue weighted by atomic mass is 10.2. The van der Waals surface area contributed by atoms with Gasteiger partial charge in [0, 0.05) is 38.4 Å². The Bertz CT molecular complexity index is 891. The maximum absolute atomic E-state index is 13.3. The van der Waals surface area contributed by atoms with Crippen molar-refractivity contribution in [2.24, 2.45) is 0 Å². The van der Waals surface area contributed by atoms with E-state index in [4.69, 9.17) is 4.52 Å². The number of hydrogen-bond donors (Lipinski definition) is 0. The summed E-state index contributed by atoms with van der Waals surface area (Å²) in [5.41, 5.74) is 2.63. The van der Waals surface area contributed by atoms with Gasteiger partial charge in [-0.25, -0.2) is 4.39 Å². The molecule has 0 N–H and O–H groups in total. The molecule has 1 fully saturated rings. The number of aromatic nitrogens is 4. The summed E-state index contributed by atoms with van der Waals surface area (Å²) in [5, 5.41) is 4.03. The van der Waals surface area contributed by atoms with E-state index in [1.54, 1.807) is 12.4 Å². The molecule has 4 heterocycles. The SMILES string of the molecule is Cc1ccnc(-c2noc(CN3CCN(c4cncc(F)c4)CC3)n2)c1. The number of rotatable bonds is 4. The molecule has 0 radical (unpaired) electrons. The molecule has 1 saturated heterocycles. The van der Waals surface area contributed by atoms with Gasteiger partial charge < -0.3 is 9.42 Å². The minimum Gasteiger partial charge on any atom is -0.368 e. The number of nitrogens with zero attached hydrogens (tertiary/aromatic N) is 6. The van der Waals surface area contributed by atoms with E-state index in [2.05, 4.69) is 29.9 Å². The van der Waals surface area contributed by atoms with Crippen LogP contribution in [0.5, 0.6) is 0 Å². The van der Waals surface area contributed by atoms with Crippen molar-refractivity contribution in [3.8, 4) is 11.5 Å². The third-order valence-electron chi connectivity index (χ3n) is 4.40. The van der Waals surface area contributed by atoms with E-state index in [1.165, 1.54) is 12.3 Å². The molecule has 0 amide bonds. The van der Waals surface area contributed by atoms with Crippen molar-refractivity contribution in [3.63, 3.8) is 0 Å². The smallest absolute Gasteiger partial charge is 0.241 e. The van der Waals surface area contributed by atoms with Gasteiger partial charge in [0.25, 0.3) is 0 Å². The van der Waals surface area contributed by atoms with Crippen molar-refractivity contribution < 1.29 is 8.91 Å². The van der Waals surface area contributed by atoms with Gasteiger partial charge in [0.05, 0.1) is 24.6 Å². The summed E-state index contributed by atoms with van der Waals surface area (Å²) < 4.78 is 18.7. The first kappa shape index (κ1) is 16.6. The Morgan fingerprint density at radius 3 is 2.77 bits per heavy atom. The molecule has 0 bridgehead atoms. The molecule has 134 valence electrons. The van der Waals surface area contributed by atoms with Gasteiger partial charge in [-0.15, -0.1) is 0 Å². The molecule has 0 aromatic carbocycles. The second kappa shape index (κ2) is 7.17. The van der Waals surface area contributed by atoms with Crippen LogP contribution in [0.2, 0.25) is 0 Å². The van der Waals surface area contributed by atoms with E-state index in [9.17, 15) is 4.39 Å². The van der Waals surface area contributed by atoms with Crippen LogP contribution in [0.15, 0.2) is 41.3 Å². The third kappa shape index (κ3) is 3.70. The fraction of sp³-hybridized carbons (Fsp3) is 0.333. The van der Waals surface area contributed by atoms with Gasteiger partial charge in [-0.2, -0.15) is 4.98 Å². The van der Waals surface area contributed by atoms with Gasteiger partial charge in [0.2, 0.25) is 11.7 Å². The van der Waals surface area contributed by atoms with Crippen molar-refractivity contribution in [3.05, 3.63) is 54.1 Å². The van der Waals surface area contributed by atoms with Gasteiger partial charge in [-0.1, -0.05) is 5.16 Å². The molecule has 0 saturated carbocycles. The average Bonchev–Trinajstić information content (AvgIpc) is 3.11. The van der Waals surface area contributed by atoms with Crippen LogP contribution in [-0.4, -0.2) is 51.2 Å². The van der Waals surface area contributed by atoms with E-state index in [-0.39, 0.29) is 5.82 Å². The van der Waals surface area contributed by atoms with Crippen LogP contribution in [0.3, 0.4) is 0 Å². The van der Waals surface area contributed by atoms with E-state index in [0.29, 0.717) is 24.0 Å². The molecule has 0 spiro atoms. The largest absolute Gasteiger partial charge is 0.368 e. The molecule has 1 aliphatic heterocycles. The second-order valence-corrected chi connectivity index (χ2v) is 6.35. The number of hydrogen-bond acceptors (Lipinski definition) is 7. The minimum absolute atomic E-state index is 0.312. The number of pyridine rings is 2.